The van der Waals surface area contributed by atoms with Crippen LogP contribution in [0.2, 0.25) is 0 Å². The summed E-state index contributed by atoms with van der Waals surface area (Å²) in [5.74, 6) is 8.95. The average molecular weight is 248 g/mol. The lowest BCUT2D eigenvalue weighted by atomic mass is 9.87. The molecule has 2 aliphatic rings. The highest BCUT2D eigenvalue weighted by Gasteiger charge is 2.28. The molecular formula is C14H24N4. The van der Waals surface area contributed by atoms with Gasteiger partial charge in [0.05, 0.1) is 5.69 Å². The maximum absolute atomic E-state index is 6.18. The number of aromatic nitrogens is 2. The number of nitrogen functional groups attached to an aromatic ring is 2. The summed E-state index contributed by atoms with van der Waals surface area (Å²) in [4.78, 5) is 4.83. The zero-order valence-corrected chi connectivity index (χ0v) is 11.1. The highest BCUT2D eigenvalue weighted by Crippen LogP contribution is 2.38. The molecule has 0 aromatic carbocycles. The van der Waals surface area contributed by atoms with Crippen molar-refractivity contribution >= 4 is 5.82 Å². The second kappa shape index (κ2) is 4.82. The standard InChI is InChI=1S/C14H24N4/c15-13-12(10-6-2-1-3-7-10)17-14(18(13)16)11-8-4-5-9-11/h10-11H,1-9,15-16H2. The highest BCUT2D eigenvalue weighted by molar-refractivity contribution is 5.41. The number of imidazole rings is 1. The fraction of sp³-hybridized carbons (Fsp3) is 0.786. The van der Waals surface area contributed by atoms with E-state index in [4.69, 9.17) is 16.6 Å². The van der Waals surface area contributed by atoms with Crippen molar-refractivity contribution in [1.82, 2.24) is 9.66 Å². The van der Waals surface area contributed by atoms with Crippen LogP contribution in [0.1, 0.15) is 81.1 Å². The molecular weight excluding hydrogens is 224 g/mol. The maximum atomic E-state index is 6.18. The van der Waals surface area contributed by atoms with Crippen LogP contribution in [0.25, 0.3) is 0 Å². The van der Waals surface area contributed by atoms with Crippen LogP contribution < -0.4 is 11.6 Å². The molecule has 18 heavy (non-hydrogen) atoms. The van der Waals surface area contributed by atoms with Crippen LogP contribution in [0.5, 0.6) is 0 Å². The third kappa shape index (κ3) is 1.98. The minimum atomic E-state index is 0.537. The maximum Gasteiger partial charge on any atom is 0.146 e. The lowest BCUT2D eigenvalue weighted by molar-refractivity contribution is 0.438. The zero-order valence-electron chi connectivity index (χ0n) is 11.1. The fourth-order valence-corrected chi connectivity index (χ4v) is 3.63. The molecule has 0 spiro atoms. The Morgan fingerprint density at radius 1 is 0.889 bits per heavy atom. The Bertz CT molecular complexity index is 412. The minimum absolute atomic E-state index is 0.537. The van der Waals surface area contributed by atoms with E-state index in [1.807, 2.05) is 0 Å². The highest BCUT2D eigenvalue weighted by atomic mass is 15.4. The van der Waals surface area contributed by atoms with Crippen LogP contribution in [0.15, 0.2) is 0 Å². The van der Waals surface area contributed by atoms with E-state index in [0.29, 0.717) is 17.7 Å². The van der Waals surface area contributed by atoms with Gasteiger partial charge in [-0.05, 0) is 25.7 Å². The van der Waals surface area contributed by atoms with E-state index in [1.54, 1.807) is 4.68 Å². The molecule has 0 aliphatic heterocycles. The molecule has 4 heteroatoms. The van der Waals surface area contributed by atoms with Gasteiger partial charge in [0, 0.05) is 11.8 Å². The largest absolute Gasteiger partial charge is 0.382 e. The molecule has 0 amide bonds. The Hall–Kier alpha value is -1.19. The normalized spacial score (nSPS) is 22.7. The van der Waals surface area contributed by atoms with Crippen LogP contribution >= 0.6 is 0 Å². The number of hydrogen-bond acceptors (Lipinski definition) is 3. The summed E-state index contributed by atoms with van der Waals surface area (Å²) in [6.45, 7) is 0. The van der Waals surface area contributed by atoms with E-state index in [1.165, 1.54) is 57.8 Å². The summed E-state index contributed by atoms with van der Waals surface area (Å²) in [6, 6.07) is 0. The van der Waals surface area contributed by atoms with E-state index >= 15 is 0 Å². The van der Waals surface area contributed by atoms with Crippen LogP contribution in [0, 0.1) is 0 Å². The second-order valence-electron chi connectivity index (χ2n) is 5.93. The van der Waals surface area contributed by atoms with E-state index in [2.05, 4.69) is 0 Å². The van der Waals surface area contributed by atoms with Crippen LogP contribution in [0.4, 0.5) is 5.82 Å². The van der Waals surface area contributed by atoms with Gasteiger partial charge in [-0.3, -0.25) is 0 Å². The molecule has 0 radical (unpaired) electrons. The van der Waals surface area contributed by atoms with Gasteiger partial charge < -0.3 is 11.6 Å². The predicted molar refractivity (Wildman–Crippen MR) is 73.8 cm³/mol. The number of nitrogens with two attached hydrogens (primary N) is 2. The SMILES string of the molecule is Nc1c(C2CCCCC2)nc(C2CCCC2)n1N. The Labute approximate surface area is 109 Å². The van der Waals surface area contributed by atoms with Crippen molar-refractivity contribution in [1.29, 1.82) is 0 Å². The molecule has 0 atom stereocenters. The van der Waals surface area contributed by atoms with Crippen molar-refractivity contribution < 1.29 is 0 Å². The summed E-state index contributed by atoms with van der Waals surface area (Å²) < 4.78 is 1.67. The number of nitrogens with zero attached hydrogens (tertiary/aromatic N) is 2. The van der Waals surface area contributed by atoms with Crippen molar-refractivity contribution in [2.45, 2.75) is 69.6 Å². The summed E-state index contributed by atoms with van der Waals surface area (Å²) in [7, 11) is 0. The predicted octanol–water partition coefficient (Wildman–Crippen LogP) is 2.88. The molecule has 100 valence electrons. The molecule has 0 unspecified atom stereocenters. The Morgan fingerprint density at radius 3 is 2.11 bits per heavy atom. The topological polar surface area (TPSA) is 69.9 Å². The van der Waals surface area contributed by atoms with Crippen molar-refractivity contribution in [2.75, 3.05) is 11.6 Å². The average Bonchev–Trinajstić information content (AvgIpc) is 3.01. The summed E-state index contributed by atoms with van der Waals surface area (Å²) in [5.41, 5.74) is 7.26. The van der Waals surface area contributed by atoms with Crippen LogP contribution in [0.3, 0.4) is 0 Å². The summed E-state index contributed by atoms with van der Waals surface area (Å²) >= 11 is 0. The molecule has 1 heterocycles. The Kier molecular flexibility index (Phi) is 3.18. The molecule has 1 aromatic heterocycles. The van der Waals surface area contributed by atoms with Crippen LogP contribution in [-0.4, -0.2) is 9.66 Å². The van der Waals surface area contributed by atoms with E-state index in [-0.39, 0.29) is 0 Å². The molecule has 2 saturated carbocycles. The van der Waals surface area contributed by atoms with Gasteiger partial charge in [0.2, 0.25) is 0 Å². The monoisotopic (exact) mass is 248 g/mol. The lowest BCUT2D eigenvalue weighted by Gasteiger charge is -2.20. The lowest BCUT2D eigenvalue weighted by Crippen LogP contribution is -2.17. The van der Waals surface area contributed by atoms with Crippen LogP contribution in [-0.2, 0) is 0 Å². The van der Waals surface area contributed by atoms with Gasteiger partial charge in [0.15, 0.2) is 0 Å². The van der Waals surface area contributed by atoms with Gasteiger partial charge in [-0.2, -0.15) is 0 Å². The molecule has 0 bridgehead atoms. The van der Waals surface area contributed by atoms with Gasteiger partial charge in [0.25, 0.3) is 0 Å². The van der Waals surface area contributed by atoms with Crippen molar-refractivity contribution in [3.63, 3.8) is 0 Å². The summed E-state index contributed by atoms with van der Waals surface area (Å²) in [5, 5.41) is 0. The first kappa shape index (κ1) is 11.9. The number of hydrogen-bond donors (Lipinski definition) is 2. The van der Waals surface area contributed by atoms with Gasteiger partial charge in [-0.15, -0.1) is 0 Å². The second-order valence-corrected chi connectivity index (χ2v) is 5.93. The third-order valence-electron chi connectivity index (χ3n) is 4.72. The first-order valence-electron chi connectivity index (χ1n) is 7.40. The number of rotatable bonds is 2. The smallest absolute Gasteiger partial charge is 0.146 e. The first-order valence-corrected chi connectivity index (χ1v) is 7.40. The van der Waals surface area contributed by atoms with Crippen molar-refractivity contribution in [2.24, 2.45) is 0 Å². The van der Waals surface area contributed by atoms with Crippen molar-refractivity contribution in [3.05, 3.63) is 11.5 Å². The van der Waals surface area contributed by atoms with Gasteiger partial charge in [-0.25, -0.2) is 9.66 Å². The van der Waals surface area contributed by atoms with Crippen molar-refractivity contribution in [3.8, 4) is 0 Å². The zero-order chi connectivity index (χ0) is 12.5. The van der Waals surface area contributed by atoms with Gasteiger partial charge in [-0.1, -0.05) is 32.1 Å². The quantitative estimate of drug-likeness (QED) is 0.791. The Balaban J connectivity index is 1.88. The molecule has 2 aliphatic carbocycles. The molecule has 3 rings (SSSR count). The fourth-order valence-electron chi connectivity index (χ4n) is 3.63. The Morgan fingerprint density at radius 2 is 1.44 bits per heavy atom. The molecule has 4 N–H and O–H groups in total. The third-order valence-corrected chi connectivity index (χ3v) is 4.72. The number of anilines is 1. The molecule has 1 aromatic rings. The molecule has 4 nitrogen and oxygen atoms in total. The summed E-state index contributed by atoms with van der Waals surface area (Å²) in [6.07, 6.45) is 11.5. The van der Waals surface area contributed by atoms with E-state index in [0.717, 1.165) is 11.5 Å². The van der Waals surface area contributed by atoms with E-state index < -0.39 is 0 Å². The van der Waals surface area contributed by atoms with Gasteiger partial charge >= 0.3 is 0 Å². The first-order chi connectivity index (χ1) is 8.77. The van der Waals surface area contributed by atoms with E-state index in [9.17, 15) is 0 Å². The minimum Gasteiger partial charge on any atom is -0.382 e. The molecule has 2 fully saturated rings. The van der Waals surface area contributed by atoms with Gasteiger partial charge in [0.1, 0.15) is 11.6 Å². The molecule has 0 saturated heterocycles.